The Hall–Kier alpha value is -0.120. The van der Waals surface area contributed by atoms with Gasteiger partial charge in [-0.1, -0.05) is 13.8 Å². The molecule has 3 nitrogen and oxygen atoms in total. The van der Waals surface area contributed by atoms with Crippen molar-refractivity contribution in [3.05, 3.63) is 0 Å². The van der Waals surface area contributed by atoms with Crippen molar-refractivity contribution in [2.45, 2.75) is 32.4 Å². The highest BCUT2D eigenvalue weighted by Crippen LogP contribution is 2.18. The maximum atomic E-state index is 9.36. The molecule has 0 aromatic rings. The van der Waals surface area contributed by atoms with E-state index in [1.807, 2.05) is 0 Å². The number of aliphatic hydroxyl groups is 2. The van der Waals surface area contributed by atoms with Gasteiger partial charge in [-0.15, -0.1) is 0 Å². The van der Waals surface area contributed by atoms with Crippen molar-refractivity contribution in [1.82, 2.24) is 4.90 Å². The normalized spacial score (nSPS) is 31.8. The van der Waals surface area contributed by atoms with E-state index >= 15 is 0 Å². The second-order valence-corrected chi connectivity index (χ2v) is 4.07. The smallest absolute Gasteiger partial charge is 0.0683 e. The Morgan fingerprint density at radius 1 is 1.50 bits per heavy atom. The molecular weight excluding hydrogens is 154 g/mol. The standard InChI is InChI=1S/C9H19NO2/c1-7(2)4-10-5-9(12)3-8(10)6-11/h7-9,11-12H,3-6H2,1-2H3/t8-,9-/m0/s1. The van der Waals surface area contributed by atoms with Crippen molar-refractivity contribution in [2.24, 2.45) is 5.92 Å². The van der Waals surface area contributed by atoms with Gasteiger partial charge in [0.05, 0.1) is 12.7 Å². The number of hydrogen-bond acceptors (Lipinski definition) is 3. The zero-order chi connectivity index (χ0) is 9.14. The first-order chi connectivity index (χ1) is 5.63. The molecule has 0 aromatic heterocycles. The van der Waals surface area contributed by atoms with E-state index in [0.29, 0.717) is 5.92 Å². The van der Waals surface area contributed by atoms with Crippen LogP contribution in [0.25, 0.3) is 0 Å². The molecule has 0 spiro atoms. The number of likely N-dealkylation sites (tertiary alicyclic amines) is 1. The molecule has 2 N–H and O–H groups in total. The molecule has 0 amide bonds. The van der Waals surface area contributed by atoms with Gasteiger partial charge in [0.15, 0.2) is 0 Å². The van der Waals surface area contributed by atoms with Crippen molar-refractivity contribution in [3.63, 3.8) is 0 Å². The van der Waals surface area contributed by atoms with E-state index in [0.717, 1.165) is 19.5 Å². The van der Waals surface area contributed by atoms with Crippen LogP contribution in [0.15, 0.2) is 0 Å². The molecule has 1 heterocycles. The minimum atomic E-state index is -0.235. The Bertz CT molecular complexity index is 138. The summed E-state index contributed by atoms with van der Waals surface area (Å²) in [5, 5.41) is 18.4. The number of β-amino-alcohol motifs (C(OH)–C–C–N with tert-alkyl or cyclic N) is 1. The summed E-state index contributed by atoms with van der Waals surface area (Å²) in [5.74, 6) is 0.601. The fourth-order valence-corrected chi connectivity index (χ4v) is 1.84. The van der Waals surface area contributed by atoms with E-state index in [4.69, 9.17) is 5.11 Å². The Morgan fingerprint density at radius 3 is 2.67 bits per heavy atom. The molecule has 0 bridgehead atoms. The van der Waals surface area contributed by atoms with Crippen LogP contribution in [0.2, 0.25) is 0 Å². The van der Waals surface area contributed by atoms with Gasteiger partial charge < -0.3 is 10.2 Å². The van der Waals surface area contributed by atoms with Gasteiger partial charge in [0.25, 0.3) is 0 Å². The molecule has 0 aromatic carbocycles. The molecule has 1 saturated heterocycles. The van der Waals surface area contributed by atoms with Gasteiger partial charge in [0.2, 0.25) is 0 Å². The van der Waals surface area contributed by atoms with Crippen molar-refractivity contribution >= 4 is 0 Å². The van der Waals surface area contributed by atoms with Crippen molar-refractivity contribution in [3.8, 4) is 0 Å². The van der Waals surface area contributed by atoms with Gasteiger partial charge >= 0.3 is 0 Å². The molecule has 0 saturated carbocycles. The zero-order valence-electron chi connectivity index (χ0n) is 7.90. The van der Waals surface area contributed by atoms with Crippen LogP contribution in [-0.4, -0.2) is 47.0 Å². The quantitative estimate of drug-likeness (QED) is 0.635. The van der Waals surface area contributed by atoms with E-state index in [9.17, 15) is 5.11 Å². The maximum Gasteiger partial charge on any atom is 0.0683 e. The molecule has 0 unspecified atom stereocenters. The Balaban J connectivity index is 2.40. The van der Waals surface area contributed by atoms with E-state index < -0.39 is 0 Å². The highest BCUT2D eigenvalue weighted by atomic mass is 16.3. The first-order valence-electron chi connectivity index (χ1n) is 4.66. The highest BCUT2D eigenvalue weighted by molar-refractivity contribution is 4.84. The van der Waals surface area contributed by atoms with Crippen LogP contribution < -0.4 is 0 Å². The molecule has 2 atom stereocenters. The number of rotatable bonds is 3. The predicted molar refractivity (Wildman–Crippen MR) is 47.9 cm³/mol. The van der Waals surface area contributed by atoms with Crippen LogP contribution in [0.5, 0.6) is 0 Å². The summed E-state index contributed by atoms with van der Waals surface area (Å²) in [7, 11) is 0. The average Bonchev–Trinajstić information content (AvgIpc) is 2.29. The van der Waals surface area contributed by atoms with E-state index in [-0.39, 0.29) is 18.8 Å². The van der Waals surface area contributed by atoms with Crippen LogP contribution in [0.1, 0.15) is 20.3 Å². The van der Waals surface area contributed by atoms with E-state index in [1.165, 1.54) is 0 Å². The molecular formula is C9H19NO2. The first kappa shape index (κ1) is 9.96. The summed E-state index contributed by atoms with van der Waals surface area (Å²) < 4.78 is 0. The third-order valence-electron chi connectivity index (χ3n) is 2.32. The highest BCUT2D eigenvalue weighted by Gasteiger charge is 2.30. The number of hydrogen-bond donors (Lipinski definition) is 2. The van der Waals surface area contributed by atoms with Gasteiger partial charge in [-0.25, -0.2) is 0 Å². The van der Waals surface area contributed by atoms with Gasteiger partial charge in [-0.05, 0) is 12.3 Å². The Kier molecular flexibility index (Phi) is 3.50. The first-order valence-corrected chi connectivity index (χ1v) is 4.66. The van der Waals surface area contributed by atoms with Gasteiger partial charge in [-0.2, -0.15) is 0 Å². The molecule has 0 aliphatic carbocycles. The predicted octanol–water partition coefficient (Wildman–Crippen LogP) is 0.0699. The largest absolute Gasteiger partial charge is 0.395 e. The summed E-state index contributed by atoms with van der Waals surface area (Å²) in [5.41, 5.74) is 0. The van der Waals surface area contributed by atoms with Gasteiger partial charge in [0, 0.05) is 19.1 Å². The molecule has 3 heteroatoms. The van der Waals surface area contributed by atoms with Crippen LogP contribution in [0.4, 0.5) is 0 Å². The molecule has 1 aliphatic rings. The van der Waals surface area contributed by atoms with Crippen LogP contribution in [0, 0.1) is 5.92 Å². The van der Waals surface area contributed by atoms with Crippen molar-refractivity contribution in [1.29, 1.82) is 0 Å². The summed E-state index contributed by atoms with van der Waals surface area (Å²) in [6, 6.07) is 0.183. The summed E-state index contributed by atoms with van der Waals surface area (Å²) in [6.45, 7) is 6.17. The second kappa shape index (κ2) is 4.21. The molecule has 1 rings (SSSR count). The molecule has 12 heavy (non-hydrogen) atoms. The van der Waals surface area contributed by atoms with Crippen LogP contribution in [-0.2, 0) is 0 Å². The molecule has 1 fully saturated rings. The summed E-state index contributed by atoms with van der Waals surface area (Å²) in [6.07, 6.45) is 0.490. The van der Waals surface area contributed by atoms with E-state index in [1.54, 1.807) is 0 Å². The zero-order valence-corrected chi connectivity index (χ0v) is 7.90. The Morgan fingerprint density at radius 2 is 2.17 bits per heavy atom. The molecule has 1 aliphatic heterocycles. The lowest BCUT2D eigenvalue weighted by Gasteiger charge is -2.23. The fraction of sp³-hybridized carbons (Fsp3) is 1.00. The van der Waals surface area contributed by atoms with Crippen molar-refractivity contribution < 1.29 is 10.2 Å². The number of aliphatic hydroxyl groups excluding tert-OH is 2. The lowest BCUT2D eigenvalue weighted by Crippen LogP contribution is -2.35. The fourth-order valence-electron chi connectivity index (χ4n) is 1.84. The monoisotopic (exact) mass is 173 g/mol. The summed E-state index contributed by atoms with van der Waals surface area (Å²) >= 11 is 0. The van der Waals surface area contributed by atoms with Gasteiger partial charge in [-0.3, -0.25) is 4.90 Å². The maximum absolute atomic E-state index is 9.36. The summed E-state index contributed by atoms with van der Waals surface area (Å²) in [4.78, 5) is 2.18. The lowest BCUT2D eigenvalue weighted by atomic mass is 10.2. The van der Waals surface area contributed by atoms with Crippen LogP contribution >= 0.6 is 0 Å². The third-order valence-corrected chi connectivity index (χ3v) is 2.32. The minimum absolute atomic E-state index is 0.170. The van der Waals surface area contributed by atoms with Crippen LogP contribution in [0.3, 0.4) is 0 Å². The lowest BCUT2D eigenvalue weighted by molar-refractivity contribution is 0.143. The Labute approximate surface area is 74.0 Å². The minimum Gasteiger partial charge on any atom is -0.395 e. The molecule has 72 valence electrons. The third kappa shape index (κ3) is 2.44. The van der Waals surface area contributed by atoms with Crippen molar-refractivity contribution in [2.75, 3.05) is 19.7 Å². The number of nitrogens with zero attached hydrogens (tertiary/aromatic N) is 1. The van der Waals surface area contributed by atoms with E-state index in [2.05, 4.69) is 18.7 Å². The topological polar surface area (TPSA) is 43.7 Å². The second-order valence-electron chi connectivity index (χ2n) is 4.07. The SMILES string of the molecule is CC(C)CN1C[C@@H](O)C[C@H]1CO. The average molecular weight is 173 g/mol. The molecule has 0 radical (unpaired) electrons. The van der Waals surface area contributed by atoms with Gasteiger partial charge in [0.1, 0.15) is 0 Å².